The molecule has 2 atom stereocenters. The summed E-state index contributed by atoms with van der Waals surface area (Å²) in [6.45, 7) is 6.17. The molecule has 1 fully saturated rings. The van der Waals surface area contributed by atoms with Gasteiger partial charge < -0.3 is 20.1 Å². The molecule has 1 aliphatic rings. The van der Waals surface area contributed by atoms with Gasteiger partial charge in [0.25, 0.3) is 0 Å². The van der Waals surface area contributed by atoms with Crippen LogP contribution in [-0.4, -0.2) is 62.0 Å². The standard InChI is InChI=1S/C12H26N2O2/c1-3-13-11(10-15)6-7-14(2)9-12-5-4-8-16-12/h11-13,15H,3-10H2,1-2H3. The van der Waals surface area contributed by atoms with E-state index in [1.165, 1.54) is 12.8 Å². The van der Waals surface area contributed by atoms with Crippen LogP contribution >= 0.6 is 0 Å². The maximum absolute atomic E-state index is 9.15. The van der Waals surface area contributed by atoms with Gasteiger partial charge in [-0.1, -0.05) is 6.92 Å². The fourth-order valence-electron chi connectivity index (χ4n) is 2.15. The van der Waals surface area contributed by atoms with Crippen molar-refractivity contribution >= 4 is 0 Å². The predicted molar refractivity (Wildman–Crippen MR) is 65.6 cm³/mol. The maximum atomic E-state index is 9.15. The summed E-state index contributed by atoms with van der Waals surface area (Å²) in [5.74, 6) is 0. The minimum absolute atomic E-state index is 0.224. The molecule has 96 valence electrons. The van der Waals surface area contributed by atoms with Gasteiger partial charge in [0.2, 0.25) is 0 Å². The zero-order valence-corrected chi connectivity index (χ0v) is 10.6. The average molecular weight is 230 g/mol. The van der Waals surface area contributed by atoms with Crippen molar-refractivity contribution in [3.63, 3.8) is 0 Å². The Balaban J connectivity index is 2.10. The van der Waals surface area contributed by atoms with Crippen molar-refractivity contribution in [1.29, 1.82) is 0 Å². The molecule has 0 aromatic carbocycles. The van der Waals surface area contributed by atoms with Crippen LogP contribution < -0.4 is 5.32 Å². The highest BCUT2D eigenvalue weighted by Gasteiger charge is 2.17. The highest BCUT2D eigenvalue weighted by Crippen LogP contribution is 2.12. The molecular weight excluding hydrogens is 204 g/mol. The number of nitrogens with zero attached hydrogens (tertiary/aromatic N) is 1. The number of aliphatic hydroxyl groups excluding tert-OH is 1. The van der Waals surface area contributed by atoms with E-state index in [1.807, 2.05) is 0 Å². The number of ether oxygens (including phenoxy) is 1. The zero-order valence-electron chi connectivity index (χ0n) is 10.6. The van der Waals surface area contributed by atoms with E-state index in [9.17, 15) is 0 Å². The molecule has 0 bridgehead atoms. The van der Waals surface area contributed by atoms with Crippen LogP contribution in [0.3, 0.4) is 0 Å². The van der Waals surface area contributed by atoms with E-state index >= 15 is 0 Å². The average Bonchev–Trinajstić information content (AvgIpc) is 2.76. The Bertz CT molecular complexity index is 172. The maximum Gasteiger partial charge on any atom is 0.0702 e. The Labute approximate surface area is 99.0 Å². The molecule has 1 aliphatic heterocycles. The van der Waals surface area contributed by atoms with Crippen LogP contribution in [0.1, 0.15) is 26.2 Å². The summed E-state index contributed by atoms with van der Waals surface area (Å²) < 4.78 is 5.60. The van der Waals surface area contributed by atoms with Crippen molar-refractivity contribution in [1.82, 2.24) is 10.2 Å². The van der Waals surface area contributed by atoms with Crippen LogP contribution in [0, 0.1) is 0 Å². The number of rotatable bonds is 8. The number of likely N-dealkylation sites (N-methyl/N-ethyl adjacent to an activating group) is 2. The smallest absolute Gasteiger partial charge is 0.0702 e. The van der Waals surface area contributed by atoms with Crippen LogP contribution in [0.4, 0.5) is 0 Å². The Morgan fingerprint density at radius 2 is 2.38 bits per heavy atom. The van der Waals surface area contributed by atoms with E-state index in [4.69, 9.17) is 9.84 Å². The summed E-state index contributed by atoms with van der Waals surface area (Å²) >= 11 is 0. The number of aliphatic hydroxyl groups is 1. The minimum Gasteiger partial charge on any atom is -0.395 e. The molecule has 4 nitrogen and oxygen atoms in total. The molecule has 4 heteroatoms. The quantitative estimate of drug-likeness (QED) is 0.636. The first-order valence-electron chi connectivity index (χ1n) is 6.40. The topological polar surface area (TPSA) is 44.7 Å². The van der Waals surface area contributed by atoms with E-state index in [0.29, 0.717) is 6.10 Å². The largest absolute Gasteiger partial charge is 0.395 e. The minimum atomic E-state index is 0.224. The van der Waals surface area contributed by atoms with Gasteiger partial charge in [0.1, 0.15) is 0 Å². The third-order valence-corrected chi connectivity index (χ3v) is 3.11. The molecule has 0 aromatic heterocycles. The van der Waals surface area contributed by atoms with E-state index in [2.05, 4.69) is 24.2 Å². The summed E-state index contributed by atoms with van der Waals surface area (Å²) in [5, 5.41) is 12.4. The van der Waals surface area contributed by atoms with E-state index in [-0.39, 0.29) is 12.6 Å². The van der Waals surface area contributed by atoms with E-state index in [0.717, 1.165) is 32.7 Å². The van der Waals surface area contributed by atoms with Crippen LogP contribution in [0.25, 0.3) is 0 Å². The second-order valence-corrected chi connectivity index (χ2v) is 4.62. The number of hydrogen-bond donors (Lipinski definition) is 2. The van der Waals surface area contributed by atoms with Crippen molar-refractivity contribution in [2.75, 3.05) is 39.9 Å². The first kappa shape index (κ1) is 13.9. The van der Waals surface area contributed by atoms with Gasteiger partial charge in [-0.15, -0.1) is 0 Å². The number of nitrogens with one attached hydrogen (secondary N) is 1. The van der Waals surface area contributed by atoms with Crippen molar-refractivity contribution in [3.8, 4) is 0 Å². The zero-order chi connectivity index (χ0) is 11.8. The van der Waals surface area contributed by atoms with Gasteiger partial charge >= 0.3 is 0 Å². The SMILES string of the molecule is CCNC(CO)CCN(C)CC1CCCO1. The fraction of sp³-hybridized carbons (Fsp3) is 1.00. The molecule has 0 spiro atoms. The molecule has 2 unspecified atom stereocenters. The molecule has 0 saturated carbocycles. The molecule has 1 saturated heterocycles. The summed E-state index contributed by atoms with van der Waals surface area (Å²) in [6, 6.07) is 0.233. The van der Waals surface area contributed by atoms with Crippen molar-refractivity contribution in [2.24, 2.45) is 0 Å². The Kier molecular flexibility index (Phi) is 6.96. The molecule has 1 rings (SSSR count). The molecule has 16 heavy (non-hydrogen) atoms. The van der Waals surface area contributed by atoms with Gasteiger partial charge in [-0.2, -0.15) is 0 Å². The molecule has 0 aliphatic carbocycles. The first-order chi connectivity index (χ1) is 7.76. The summed E-state index contributed by atoms with van der Waals surface area (Å²) in [7, 11) is 2.13. The highest BCUT2D eigenvalue weighted by atomic mass is 16.5. The molecular formula is C12H26N2O2. The van der Waals surface area contributed by atoms with Crippen LogP contribution in [-0.2, 0) is 4.74 Å². The van der Waals surface area contributed by atoms with E-state index < -0.39 is 0 Å². The van der Waals surface area contributed by atoms with Crippen molar-refractivity contribution in [3.05, 3.63) is 0 Å². The molecule has 1 heterocycles. The first-order valence-corrected chi connectivity index (χ1v) is 6.40. The number of hydrogen-bond acceptors (Lipinski definition) is 4. The second kappa shape index (κ2) is 8.01. The third kappa shape index (κ3) is 5.25. The highest BCUT2D eigenvalue weighted by molar-refractivity contribution is 4.71. The Morgan fingerprint density at radius 3 is 2.94 bits per heavy atom. The lowest BCUT2D eigenvalue weighted by Gasteiger charge is -2.23. The second-order valence-electron chi connectivity index (χ2n) is 4.62. The lowest BCUT2D eigenvalue weighted by molar-refractivity contribution is 0.0792. The lowest BCUT2D eigenvalue weighted by atomic mass is 10.2. The Hall–Kier alpha value is -0.160. The van der Waals surface area contributed by atoms with Crippen LogP contribution in [0.5, 0.6) is 0 Å². The van der Waals surface area contributed by atoms with Gasteiger partial charge in [0.05, 0.1) is 12.7 Å². The third-order valence-electron chi connectivity index (χ3n) is 3.11. The normalized spacial score (nSPS) is 22.9. The summed E-state index contributed by atoms with van der Waals surface area (Å²) in [5.41, 5.74) is 0. The van der Waals surface area contributed by atoms with Gasteiger partial charge in [-0.25, -0.2) is 0 Å². The molecule has 2 N–H and O–H groups in total. The molecule has 0 aromatic rings. The summed E-state index contributed by atoms with van der Waals surface area (Å²) in [6.07, 6.45) is 3.82. The van der Waals surface area contributed by atoms with Gasteiger partial charge in [-0.3, -0.25) is 0 Å². The lowest BCUT2D eigenvalue weighted by Crippen LogP contribution is -2.37. The van der Waals surface area contributed by atoms with Crippen molar-refractivity contribution in [2.45, 2.75) is 38.3 Å². The van der Waals surface area contributed by atoms with Crippen molar-refractivity contribution < 1.29 is 9.84 Å². The predicted octanol–water partition coefficient (Wildman–Crippen LogP) is 0.458. The fourth-order valence-corrected chi connectivity index (χ4v) is 2.15. The van der Waals surface area contributed by atoms with Gasteiger partial charge in [0, 0.05) is 19.2 Å². The van der Waals surface area contributed by atoms with Gasteiger partial charge in [-0.05, 0) is 39.4 Å². The van der Waals surface area contributed by atoms with Crippen LogP contribution in [0.15, 0.2) is 0 Å². The van der Waals surface area contributed by atoms with E-state index in [1.54, 1.807) is 0 Å². The Morgan fingerprint density at radius 1 is 1.56 bits per heavy atom. The molecule has 0 radical (unpaired) electrons. The van der Waals surface area contributed by atoms with Crippen LogP contribution in [0.2, 0.25) is 0 Å². The van der Waals surface area contributed by atoms with Gasteiger partial charge in [0.15, 0.2) is 0 Å². The summed E-state index contributed by atoms with van der Waals surface area (Å²) in [4.78, 5) is 2.30. The monoisotopic (exact) mass is 230 g/mol. The molecule has 0 amide bonds.